The van der Waals surface area contributed by atoms with Gasteiger partial charge in [-0.2, -0.15) is 12.7 Å². The van der Waals surface area contributed by atoms with E-state index in [-0.39, 0.29) is 10.6 Å². The van der Waals surface area contributed by atoms with Crippen LogP contribution in [0.2, 0.25) is 10.0 Å². The van der Waals surface area contributed by atoms with E-state index in [9.17, 15) is 13.2 Å². The minimum atomic E-state index is -3.62. The average Bonchev–Trinajstić information content (AvgIpc) is 2.86. The lowest BCUT2D eigenvalue weighted by Crippen LogP contribution is -2.48. The van der Waals surface area contributed by atoms with Crippen LogP contribution in [-0.2, 0) is 10.2 Å². The van der Waals surface area contributed by atoms with Gasteiger partial charge in [-0.05, 0) is 48.9 Å². The van der Waals surface area contributed by atoms with Crippen LogP contribution in [0.5, 0.6) is 0 Å². The molecule has 0 bridgehead atoms. The Kier molecular flexibility index (Phi) is 6.57. The van der Waals surface area contributed by atoms with Gasteiger partial charge in [0.15, 0.2) is 5.82 Å². The summed E-state index contributed by atoms with van der Waals surface area (Å²) in [5, 5.41) is 4.31. The van der Waals surface area contributed by atoms with Gasteiger partial charge in [0.1, 0.15) is 0 Å². The highest BCUT2D eigenvalue weighted by molar-refractivity contribution is 7.90. The van der Waals surface area contributed by atoms with Gasteiger partial charge in [-0.25, -0.2) is 9.97 Å². The van der Waals surface area contributed by atoms with Crippen LogP contribution in [0, 0.1) is 0 Å². The first-order chi connectivity index (χ1) is 17.2. The number of carbonyl (C=O) groups excluding carboxylic acids is 1. The van der Waals surface area contributed by atoms with Crippen molar-refractivity contribution >= 4 is 61.6 Å². The summed E-state index contributed by atoms with van der Waals surface area (Å²) in [5.41, 5.74) is 2.45. The summed E-state index contributed by atoms with van der Waals surface area (Å²) in [5.74, 6) is -0.0113. The van der Waals surface area contributed by atoms with Gasteiger partial charge in [0, 0.05) is 43.0 Å². The zero-order valence-electron chi connectivity index (χ0n) is 19.1. The summed E-state index contributed by atoms with van der Waals surface area (Å²) < 4.78 is 27.9. The van der Waals surface area contributed by atoms with E-state index in [4.69, 9.17) is 23.2 Å². The molecular weight excluding hydrogens is 521 g/mol. The van der Waals surface area contributed by atoms with Gasteiger partial charge in [-0.15, -0.1) is 0 Å². The molecule has 11 heteroatoms. The highest BCUT2D eigenvalue weighted by atomic mass is 35.5. The highest BCUT2D eigenvalue weighted by Gasteiger charge is 2.31. The van der Waals surface area contributed by atoms with E-state index in [2.05, 4.69) is 15.3 Å². The highest BCUT2D eigenvalue weighted by Crippen LogP contribution is 2.31. The molecule has 0 saturated carbocycles. The van der Waals surface area contributed by atoms with Crippen LogP contribution < -0.4 is 9.62 Å². The van der Waals surface area contributed by atoms with Crippen molar-refractivity contribution in [2.75, 3.05) is 29.8 Å². The molecule has 1 fully saturated rings. The summed E-state index contributed by atoms with van der Waals surface area (Å²) >= 11 is 12.8. The van der Waals surface area contributed by atoms with E-state index in [1.807, 2.05) is 24.3 Å². The van der Waals surface area contributed by atoms with Gasteiger partial charge in [-0.3, -0.25) is 9.10 Å². The van der Waals surface area contributed by atoms with Crippen molar-refractivity contribution in [2.45, 2.75) is 6.42 Å². The summed E-state index contributed by atoms with van der Waals surface area (Å²) in [6.45, 7) is 0.805. The van der Waals surface area contributed by atoms with E-state index < -0.39 is 16.1 Å². The average molecular weight is 542 g/mol. The summed E-state index contributed by atoms with van der Waals surface area (Å²) in [7, 11) is -2.08. The quantitative estimate of drug-likeness (QED) is 0.381. The van der Waals surface area contributed by atoms with Gasteiger partial charge in [0.2, 0.25) is 0 Å². The van der Waals surface area contributed by atoms with Crippen molar-refractivity contribution in [3.63, 3.8) is 0 Å². The number of nitrogens with one attached hydrogen (secondary N) is 1. The molecule has 3 aromatic carbocycles. The summed E-state index contributed by atoms with van der Waals surface area (Å²) in [6.07, 6.45) is 2.41. The second-order valence-corrected chi connectivity index (χ2v) is 11.1. The van der Waals surface area contributed by atoms with E-state index in [0.29, 0.717) is 47.3 Å². The Morgan fingerprint density at radius 3 is 2.61 bits per heavy atom. The molecule has 4 aromatic rings. The second-order valence-electron chi connectivity index (χ2n) is 8.32. The number of hydrogen-bond acceptors (Lipinski definition) is 5. The maximum Gasteiger partial charge on any atom is 0.303 e. The molecule has 8 nitrogen and oxygen atoms in total. The Hall–Kier alpha value is -3.24. The van der Waals surface area contributed by atoms with E-state index >= 15 is 0 Å². The van der Waals surface area contributed by atoms with E-state index in [0.717, 1.165) is 10.9 Å². The fourth-order valence-corrected chi connectivity index (χ4v) is 5.92. The lowest BCUT2D eigenvalue weighted by atomic mass is 10.1. The monoisotopic (exact) mass is 541 g/mol. The van der Waals surface area contributed by atoms with Crippen LogP contribution in [0.4, 0.5) is 11.4 Å². The molecule has 0 unspecified atom stereocenters. The lowest BCUT2D eigenvalue weighted by Gasteiger charge is -2.34. The fourth-order valence-electron chi connectivity index (χ4n) is 4.02. The van der Waals surface area contributed by atoms with E-state index in [1.165, 1.54) is 27.8 Å². The Morgan fingerprint density at radius 2 is 1.81 bits per heavy atom. The number of hydrogen-bond donors (Lipinski definition) is 1. The zero-order valence-corrected chi connectivity index (χ0v) is 21.5. The maximum absolute atomic E-state index is 13.0. The minimum absolute atomic E-state index is 0.139. The van der Waals surface area contributed by atoms with Crippen LogP contribution in [-0.4, -0.2) is 48.7 Å². The molecule has 2 heterocycles. The molecule has 1 amide bonds. The predicted molar refractivity (Wildman–Crippen MR) is 143 cm³/mol. The third-order valence-electron chi connectivity index (χ3n) is 5.95. The van der Waals surface area contributed by atoms with Gasteiger partial charge in [0.25, 0.3) is 5.91 Å². The summed E-state index contributed by atoms with van der Waals surface area (Å²) in [4.78, 5) is 22.0. The number of carbonyl (C=O) groups is 1. The van der Waals surface area contributed by atoms with Crippen LogP contribution >= 0.6 is 23.2 Å². The number of aromatic nitrogens is 2. The molecule has 5 rings (SSSR count). The third-order valence-corrected chi connectivity index (χ3v) is 8.51. The zero-order chi connectivity index (χ0) is 25.4. The third kappa shape index (κ3) is 4.62. The number of para-hydroxylation sites is 1. The molecule has 1 aromatic heterocycles. The first-order valence-electron chi connectivity index (χ1n) is 11.1. The van der Waals surface area contributed by atoms with Crippen molar-refractivity contribution in [3.05, 3.63) is 82.5 Å². The smallest absolute Gasteiger partial charge is 0.303 e. The number of nitrogens with zero attached hydrogens (tertiary/aromatic N) is 4. The fraction of sp³-hybridized carbons (Fsp3) is 0.160. The normalized spacial score (nSPS) is 15.7. The molecule has 184 valence electrons. The van der Waals surface area contributed by atoms with Crippen molar-refractivity contribution < 1.29 is 13.2 Å². The molecule has 0 aliphatic carbocycles. The SMILES string of the molecule is CN1CCCN(c2ccc(C(=O)Nc3ccc(Cl)c(-c4ncc5ccccc5n4)c3)c(Cl)c2)S1(=O)=O. The van der Waals surface area contributed by atoms with Gasteiger partial charge >= 0.3 is 10.2 Å². The molecule has 36 heavy (non-hydrogen) atoms. The first kappa shape index (κ1) is 24.5. The van der Waals surface area contributed by atoms with Crippen molar-refractivity contribution in [1.29, 1.82) is 0 Å². The lowest BCUT2D eigenvalue weighted by molar-refractivity contribution is 0.102. The standard InChI is InChI=1S/C25H21Cl2N5O3S/c1-31-11-4-12-32(36(31,34)35)18-8-9-19(22(27)14-18)25(33)29-17-7-10-21(26)20(13-17)24-28-15-16-5-2-3-6-23(16)30-24/h2-3,5-10,13-15H,4,11-12H2,1H3,(H,29,33). The number of fused-ring (bicyclic) bond motifs is 1. The molecule has 1 N–H and O–H groups in total. The Balaban J connectivity index is 1.40. The van der Waals surface area contributed by atoms with Gasteiger partial charge in [-0.1, -0.05) is 41.4 Å². The molecule has 0 radical (unpaired) electrons. The first-order valence-corrected chi connectivity index (χ1v) is 13.3. The summed E-state index contributed by atoms with van der Waals surface area (Å²) in [6, 6.07) is 17.2. The van der Waals surface area contributed by atoms with Crippen LogP contribution in [0.3, 0.4) is 0 Å². The largest absolute Gasteiger partial charge is 0.322 e. The van der Waals surface area contributed by atoms with E-state index in [1.54, 1.807) is 30.5 Å². The van der Waals surface area contributed by atoms with Gasteiger partial charge < -0.3 is 5.32 Å². The predicted octanol–water partition coefficient (Wildman–Crippen LogP) is 5.24. The topological polar surface area (TPSA) is 95.5 Å². The van der Waals surface area contributed by atoms with Crippen molar-refractivity contribution in [3.8, 4) is 11.4 Å². The minimum Gasteiger partial charge on any atom is -0.322 e. The molecule has 1 aliphatic heterocycles. The van der Waals surface area contributed by atoms with Gasteiger partial charge in [0.05, 0.1) is 26.8 Å². The Bertz CT molecular complexity index is 1600. The van der Waals surface area contributed by atoms with Crippen LogP contribution in [0.25, 0.3) is 22.3 Å². The van der Waals surface area contributed by atoms with Crippen LogP contribution in [0.15, 0.2) is 66.9 Å². The van der Waals surface area contributed by atoms with Crippen molar-refractivity contribution in [1.82, 2.24) is 14.3 Å². The number of rotatable bonds is 4. The van der Waals surface area contributed by atoms with Crippen molar-refractivity contribution in [2.24, 2.45) is 0 Å². The molecular formula is C25H21Cl2N5O3S. The Labute approximate surface area is 218 Å². The second kappa shape index (κ2) is 9.67. The number of halogens is 2. The molecule has 1 aliphatic rings. The molecule has 0 atom stereocenters. The number of amides is 1. The molecule has 0 spiro atoms. The number of anilines is 2. The Morgan fingerprint density at radius 1 is 1.00 bits per heavy atom. The molecule has 1 saturated heterocycles. The number of benzene rings is 3. The van der Waals surface area contributed by atoms with Crippen LogP contribution in [0.1, 0.15) is 16.8 Å². The maximum atomic E-state index is 13.0.